The van der Waals surface area contributed by atoms with Crippen molar-refractivity contribution in [1.82, 2.24) is 25.7 Å². The van der Waals surface area contributed by atoms with Crippen molar-refractivity contribution >= 4 is 36.0 Å². The molecular formula is C19H29IN6O2. The molecule has 0 unspecified atom stereocenters. The number of aromatic nitrogens is 2. The van der Waals surface area contributed by atoms with Crippen LogP contribution in [0.2, 0.25) is 0 Å². The van der Waals surface area contributed by atoms with Crippen molar-refractivity contribution in [3.63, 3.8) is 0 Å². The van der Waals surface area contributed by atoms with Gasteiger partial charge in [-0.05, 0) is 32.9 Å². The van der Waals surface area contributed by atoms with Gasteiger partial charge in [0.2, 0.25) is 0 Å². The van der Waals surface area contributed by atoms with E-state index < -0.39 is 11.7 Å². The Kier molecular flexibility index (Phi) is 9.77. The summed E-state index contributed by atoms with van der Waals surface area (Å²) in [5.74, 6) is 0.647. The summed E-state index contributed by atoms with van der Waals surface area (Å²) in [5.41, 5.74) is 1.55. The minimum atomic E-state index is -0.501. The van der Waals surface area contributed by atoms with Gasteiger partial charge in [0.1, 0.15) is 5.60 Å². The predicted octanol–water partition coefficient (Wildman–Crippen LogP) is 2.68. The fourth-order valence-corrected chi connectivity index (χ4v) is 2.24. The van der Waals surface area contributed by atoms with Gasteiger partial charge in [-0.15, -0.1) is 24.0 Å². The maximum atomic E-state index is 11.6. The van der Waals surface area contributed by atoms with Crippen molar-refractivity contribution in [2.45, 2.75) is 32.9 Å². The van der Waals surface area contributed by atoms with Crippen molar-refractivity contribution in [1.29, 1.82) is 0 Å². The summed E-state index contributed by atoms with van der Waals surface area (Å²) in [7, 11) is 1.70. The van der Waals surface area contributed by atoms with E-state index in [9.17, 15) is 4.79 Å². The average Bonchev–Trinajstić information content (AvgIpc) is 3.09. The SMILES string of the molecule is CN=C(NCCNC(=O)OC(C)(C)C)NCc1cnn(-c2ccccc2)c1.I. The number of guanidine groups is 1. The number of amides is 1. The molecule has 0 bridgehead atoms. The lowest BCUT2D eigenvalue weighted by Crippen LogP contribution is -2.42. The quantitative estimate of drug-likeness (QED) is 0.246. The lowest BCUT2D eigenvalue weighted by molar-refractivity contribution is 0.0529. The Morgan fingerprint density at radius 3 is 2.46 bits per heavy atom. The molecule has 0 radical (unpaired) electrons. The molecule has 0 atom stereocenters. The third-order valence-corrected chi connectivity index (χ3v) is 3.43. The fourth-order valence-electron chi connectivity index (χ4n) is 2.24. The molecule has 2 aromatic rings. The standard InChI is InChI=1S/C19H28N6O2.HI/c1-19(2,3)27-18(26)22-11-10-21-17(20-4)23-12-15-13-24-25(14-15)16-8-6-5-7-9-16;/h5-9,13-14H,10-12H2,1-4H3,(H,22,26)(H2,20,21,23);1H. The van der Waals surface area contributed by atoms with Crippen LogP contribution < -0.4 is 16.0 Å². The second kappa shape index (κ2) is 11.5. The summed E-state index contributed by atoms with van der Waals surface area (Å²) in [6, 6.07) is 9.94. The van der Waals surface area contributed by atoms with Gasteiger partial charge in [-0.2, -0.15) is 5.10 Å². The number of benzene rings is 1. The van der Waals surface area contributed by atoms with Crippen molar-refractivity contribution in [3.8, 4) is 5.69 Å². The average molecular weight is 500 g/mol. The molecule has 8 nitrogen and oxygen atoms in total. The Morgan fingerprint density at radius 2 is 1.82 bits per heavy atom. The summed E-state index contributed by atoms with van der Waals surface area (Å²) in [5, 5.41) is 13.4. The third kappa shape index (κ3) is 8.59. The van der Waals surface area contributed by atoms with E-state index in [1.54, 1.807) is 7.05 Å². The van der Waals surface area contributed by atoms with Crippen LogP contribution in [0.4, 0.5) is 4.79 Å². The second-order valence-corrected chi connectivity index (χ2v) is 6.91. The van der Waals surface area contributed by atoms with Gasteiger partial charge in [-0.3, -0.25) is 4.99 Å². The zero-order chi connectivity index (χ0) is 19.7. The number of alkyl carbamates (subject to hydrolysis) is 1. The maximum absolute atomic E-state index is 11.6. The predicted molar refractivity (Wildman–Crippen MR) is 121 cm³/mol. The molecular weight excluding hydrogens is 471 g/mol. The molecule has 154 valence electrons. The van der Waals surface area contributed by atoms with Gasteiger partial charge in [-0.25, -0.2) is 9.48 Å². The number of halogens is 1. The third-order valence-electron chi connectivity index (χ3n) is 3.43. The lowest BCUT2D eigenvalue weighted by Gasteiger charge is -2.19. The van der Waals surface area contributed by atoms with E-state index in [1.807, 2.05) is 68.2 Å². The molecule has 2 rings (SSSR count). The first-order valence-electron chi connectivity index (χ1n) is 8.88. The molecule has 0 spiro atoms. The molecule has 9 heteroatoms. The van der Waals surface area contributed by atoms with Gasteiger partial charge in [0, 0.05) is 38.4 Å². The number of hydrogen-bond acceptors (Lipinski definition) is 4. The van der Waals surface area contributed by atoms with Gasteiger partial charge >= 0.3 is 6.09 Å². The smallest absolute Gasteiger partial charge is 0.407 e. The van der Waals surface area contributed by atoms with Gasteiger partial charge < -0.3 is 20.7 Å². The molecule has 0 saturated carbocycles. The zero-order valence-corrected chi connectivity index (χ0v) is 19.1. The van der Waals surface area contributed by atoms with Crippen LogP contribution in [0.5, 0.6) is 0 Å². The number of aliphatic imine (C=N–C) groups is 1. The number of carbonyl (C=O) groups is 1. The fraction of sp³-hybridized carbons (Fsp3) is 0.421. The number of para-hydroxylation sites is 1. The van der Waals surface area contributed by atoms with Gasteiger partial charge in [0.05, 0.1) is 11.9 Å². The highest BCUT2D eigenvalue weighted by molar-refractivity contribution is 14.0. The van der Waals surface area contributed by atoms with Gasteiger partial charge in [0.15, 0.2) is 5.96 Å². The largest absolute Gasteiger partial charge is 0.444 e. The van der Waals surface area contributed by atoms with Crippen molar-refractivity contribution < 1.29 is 9.53 Å². The van der Waals surface area contributed by atoms with E-state index in [2.05, 4.69) is 26.0 Å². The topological polar surface area (TPSA) is 92.6 Å². The molecule has 0 aliphatic heterocycles. The van der Waals surface area contributed by atoms with E-state index in [1.165, 1.54) is 0 Å². The lowest BCUT2D eigenvalue weighted by atomic mass is 10.2. The monoisotopic (exact) mass is 500 g/mol. The Bertz CT molecular complexity index is 755. The molecule has 1 aromatic heterocycles. The van der Waals surface area contributed by atoms with Crippen LogP contribution in [0.15, 0.2) is 47.7 Å². The molecule has 0 fully saturated rings. The van der Waals surface area contributed by atoms with Crippen LogP contribution in [0, 0.1) is 0 Å². The molecule has 0 aliphatic rings. The summed E-state index contributed by atoms with van der Waals surface area (Å²) in [6.45, 7) is 7.04. The molecule has 0 aliphatic carbocycles. The Morgan fingerprint density at radius 1 is 1.14 bits per heavy atom. The van der Waals surface area contributed by atoms with E-state index in [-0.39, 0.29) is 24.0 Å². The minimum Gasteiger partial charge on any atom is -0.444 e. The van der Waals surface area contributed by atoms with Crippen LogP contribution in [-0.2, 0) is 11.3 Å². The second-order valence-electron chi connectivity index (χ2n) is 6.91. The summed E-state index contributed by atoms with van der Waals surface area (Å²) in [4.78, 5) is 15.8. The maximum Gasteiger partial charge on any atom is 0.407 e. The van der Waals surface area contributed by atoms with Crippen molar-refractivity contribution in [3.05, 3.63) is 48.3 Å². The minimum absolute atomic E-state index is 0. The number of hydrogen-bond donors (Lipinski definition) is 3. The highest BCUT2D eigenvalue weighted by atomic mass is 127. The van der Waals surface area contributed by atoms with Crippen LogP contribution in [0.25, 0.3) is 5.69 Å². The molecule has 1 heterocycles. The normalized spacial score (nSPS) is 11.4. The summed E-state index contributed by atoms with van der Waals surface area (Å²) in [6.07, 6.45) is 3.36. The number of rotatable bonds is 6. The zero-order valence-electron chi connectivity index (χ0n) is 16.7. The number of nitrogens with zero attached hydrogens (tertiary/aromatic N) is 3. The Hall–Kier alpha value is -2.30. The van der Waals surface area contributed by atoms with E-state index >= 15 is 0 Å². The van der Waals surface area contributed by atoms with Crippen LogP contribution in [0.1, 0.15) is 26.3 Å². The van der Waals surface area contributed by atoms with E-state index in [4.69, 9.17) is 4.74 Å². The number of ether oxygens (including phenoxy) is 1. The first-order valence-corrected chi connectivity index (χ1v) is 8.88. The molecule has 0 saturated heterocycles. The summed E-state index contributed by atoms with van der Waals surface area (Å²) < 4.78 is 7.01. The Balaban J connectivity index is 0.00000392. The highest BCUT2D eigenvalue weighted by Gasteiger charge is 2.15. The van der Waals surface area contributed by atoms with Crippen molar-refractivity contribution in [2.24, 2.45) is 4.99 Å². The summed E-state index contributed by atoms with van der Waals surface area (Å²) >= 11 is 0. The first kappa shape index (κ1) is 23.7. The van der Waals surface area contributed by atoms with Gasteiger partial charge in [-0.1, -0.05) is 18.2 Å². The molecule has 1 amide bonds. The van der Waals surface area contributed by atoms with Crippen LogP contribution in [0.3, 0.4) is 0 Å². The van der Waals surface area contributed by atoms with E-state index in [0.29, 0.717) is 25.6 Å². The first-order chi connectivity index (χ1) is 12.9. The van der Waals surface area contributed by atoms with Crippen LogP contribution in [-0.4, -0.2) is 47.6 Å². The molecule has 28 heavy (non-hydrogen) atoms. The molecule has 3 N–H and O–H groups in total. The van der Waals surface area contributed by atoms with Crippen molar-refractivity contribution in [2.75, 3.05) is 20.1 Å². The van der Waals surface area contributed by atoms with E-state index in [0.717, 1.165) is 11.3 Å². The Labute approximate surface area is 183 Å². The number of carbonyl (C=O) groups excluding carboxylic acids is 1. The van der Waals surface area contributed by atoms with Crippen LogP contribution >= 0.6 is 24.0 Å². The molecule has 1 aromatic carbocycles. The highest BCUT2D eigenvalue weighted by Crippen LogP contribution is 2.07. The number of nitrogens with one attached hydrogen (secondary N) is 3. The van der Waals surface area contributed by atoms with Gasteiger partial charge in [0.25, 0.3) is 0 Å².